The molecule has 0 unspecified atom stereocenters. The molecule has 0 saturated heterocycles. The second-order valence-corrected chi connectivity index (χ2v) is 6.43. The average molecular weight is 391 g/mol. The van der Waals surface area contributed by atoms with E-state index in [9.17, 15) is 4.79 Å². The zero-order valence-corrected chi connectivity index (χ0v) is 15.3. The van der Waals surface area contributed by atoms with Crippen molar-refractivity contribution in [3.8, 4) is 11.4 Å². The topological polar surface area (TPSA) is 80.9 Å². The first-order chi connectivity index (χ1) is 12.6. The van der Waals surface area contributed by atoms with E-state index in [1.54, 1.807) is 30.6 Å². The summed E-state index contributed by atoms with van der Waals surface area (Å²) in [4.78, 5) is 20.2. The first kappa shape index (κ1) is 18.4. The summed E-state index contributed by atoms with van der Waals surface area (Å²) >= 11 is 12.0. The highest BCUT2D eigenvalue weighted by atomic mass is 35.5. The number of nitrogens with one attached hydrogen (secondary N) is 1. The van der Waals surface area contributed by atoms with Crippen LogP contribution in [-0.4, -0.2) is 27.6 Å². The van der Waals surface area contributed by atoms with Crippen molar-refractivity contribution < 1.29 is 9.32 Å². The lowest BCUT2D eigenvalue weighted by Crippen LogP contribution is -2.26. The summed E-state index contributed by atoms with van der Waals surface area (Å²) in [6.07, 6.45) is 4.60. The van der Waals surface area contributed by atoms with Gasteiger partial charge in [-0.25, -0.2) is 0 Å². The zero-order valence-electron chi connectivity index (χ0n) is 13.8. The molecule has 0 saturated carbocycles. The Labute approximate surface area is 160 Å². The molecule has 3 aromatic rings. The molecule has 6 nitrogen and oxygen atoms in total. The average Bonchev–Trinajstić information content (AvgIpc) is 3.12. The molecule has 0 radical (unpaired) electrons. The van der Waals surface area contributed by atoms with Crippen molar-refractivity contribution in [2.24, 2.45) is 0 Å². The molecule has 0 aliphatic rings. The molecule has 1 amide bonds. The molecule has 8 heteroatoms. The Morgan fingerprint density at radius 2 is 2.08 bits per heavy atom. The Kier molecular flexibility index (Phi) is 6.20. The number of nitrogens with zero attached hydrogens (tertiary/aromatic N) is 3. The molecule has 0 fully saturated rings. The minimum Gasteiger partial charge on any atom is -0.356 e. The number of aryl methyl sites for hydroxylation is 1. The number of pyridine rings is 1. The molecule has 0 atom stereocenters. The number of hydrogen-bond acceptors (Lipinski definition) is 5. The summed E-state index contributed by atoms with van der Waals surface area (Å²) in [7, 11) is 0. The van der Waals surface area contributed by atoms with E-state index < -0.39 is 0 Å². The fourth-order valence-electron chi connectivity index (χ4n) is 2.34. The van der Waals surface area contributed by atoms with Crippen LogP contribution in [0.25, 0.3) is 11.4 Å². The van der Waals surface area contributed by atoms with E-state index in [2.05, 4.69) is 20.4 Å². The smallest absolute Gasteiger partial charge is 0.227 e. The minimum absolute atomic E-state index is 0.0868. The van der Waals surface area contributed by atoms with Crippen LogP contribution in [0.15, 0.2) is 47.2 Å². The lowest BCUT2D eigenvalue weighted by atomic mass is 10.1. The van der Waals surface area contributed by atoms with Crippen molar-refractivity contribution in [3.63, 3.8) is 0 Å². The fraction of sp³-hybridized carbons (Fsp3) is 0.222. The molecule has 26 heavy (non-hydrogen) atoms. The van der Waals surface area contributed by atoms with Gasteiger partial charge in [-0.2, -0.15) is 4.98 Å². The third-order valence-electron chi connectivity index (χ3n) is 3.69. The van der Waals surface area contributed by atoms with Crippen molar-refractivity contribution in [1.29, 1.82) is 0 Å². The van der Waals surface area contributed by atoms with Crippen molar-refractivity contribution in [3.05, 3.63) is 64.2 Å². The molecule has 0 aliphatic heterocycles. The molecule has 134 valence electrons. The van der Waals surface area contributed by atoms with Crippen molar-refractivity contribution in [2.45, 2.75) is 19.3 Å². The summed E-state index contributed by atoms with van der Waals surface area (Å²) < 4.78 is 5.17. The molecular formula is C18H16Cl2N4O2. The van der Waals surface area contributed by atoms with Crippen LogP contribution >= 0.6 is 23.2 Å². The van der Waals surface area contributed by atoms with Gasteiger partial charge in [0.1, 0.15) is 0 Å². The highest BCUT2D eigenvalue weighted by Crippen LogP contribution is 2.21. The SMILES string of the molecule is O=C(CCc1nc(-c2cccnc2)no1)NCCc1ccc(Cl)cc1Cl. The third-order valence-corrected chi connectivity index (χ3v) is 4.27. The van der Waals surface area contributed by atoms with Gasteiger partial charge in [-0.15, -0.1) is 0 Å². The van der Waals surface area contributed by atoms with E-state index in [4.69, 9.17) is 27.7 Å². The largest absolute Gasteiger partial charge is 0.356 e. The lowest BCUT2D eigenvalue weighted by molar-refractivity contribution is -0.121. The monoisotopic (exact) mass is 390 g/mol. The van der Waals surface area contributed by atoms with Crippen LogP contribution in [0.2, 0.25) is 10.0 Å². The van der Waals surface area contributed by atoms with Crippen molar-refractivity contribution in [1.82, 2.24) is 20.4 Å². The Hall–Kier alpha value is -2.44. The number of carbonyl (C=O) groups excluding carboxylic acids is 1. The van der Waals surface area contributed by atoms with Crippen molar-refractivity contribution >= 4 is 29.1 Å². The Balaban J connectivity index is 1.44. The minimum atomic E-state index is -0.0868. The quantitative estimate of drug-likeness (QED) is 0.664. The van der Waals surface area contributed by atoms with Crippen LogP contribution in [-0.2, 0) is 17.6 Å². The van der Waals surface area contributed by atoms with Gasteiger partial charge in [-0.3, -0.25) is 9.78 Å². The number of halogens is 2. The standard InChI is InChI=1S/C18H16Cl2N4O2/c19-14-4-3-12(15(20)10-14)7-9-22-16(25)5-6-17-23-18(24-26-17)13-2-1-8-21-11-13/h1-4,8,10-11H,5-7,9H2,(H,22,25). The molecule has 2 heterocycles. The van der Waals surface area contributed by atoms with Crippen LogP contribution < -0.4 is 5.32 Å². The second kappa shape index (κ2) is 8.78. The Morgan fingerprint density at radius 1 is 1.19 bits per heavy atom. The van der Waals surface area contributed by atoms with E-state index in [0.717, 1.165) is 11.1 Å². The van der Waals surface area contributed by atoms with Gasteiger partial charge in [0.2, 0.25) is 17.6 Å². The third kappa shape index (κ3) is 5.03. The molecule has 0 aliphatic carbocycles. The van der Waals surface area contributed by atoms with Gasteiger partial charge in [0.15, 0.2) is 0 Å². The molecule has 2 aromatic heterocycles. The summed E-state index contributed by atoms with van der Waals surface area (Å²) in [5, 5.41) is 7.94. The molecule has 3 rings (SSSR count). The van der Waals surface area contributed by atoms with Gasteiger partial charge in [0, 0.05) is 47.4 Å². The van der Waals surface area contributed by atoms with Gasteiger partial charge in [0.25, 0.3) is 0 Å². The summed E-state index contributed by atoms with van der Waals surface area (Å²) in [6, 6.07) is 8.97. The van der Waals surface area contributed by atoms with Gasteiger partial charge in [-0.05, 0) is 36.2 Å². The zero-order chi connectivity index (χ0) is 18.4. The van der Waals surface area contributed by atoms with E-state index in [1.807, 2.05) is 12.1 Å². The number of aromatic nitrogens is 3. The normalized spacial score (nSPS) is 10.7. The first-order valence-electron chi connectivity index (χ1n) is 8.05. The van der Waals surface area contributed by atoms with E-state index >= 15 is 0 Å². The van der Waals surface area contributed by atoms with Gasteiger partial charge < -0.3 is 9.84 Å². The molecule has 1 N–H and O–H groups in total. The number of carbonyl (C=O) groups is 1. The predicted molar refractivity (Wildman–Crippen MR) is 99.0 cm³/mol. The van der Waals surface area contributed by atoms with Crippen LogP contribution in [0.4, 0.5) is 0 Å². The van der Waals surface area contributed by atoms with E-state index in [1.165, 1.54) is 0 Å². The van der Waals surface area contributed by atoms with Crippen LogP contribution in [0, 0.1) is 0 Å². The summed E-state index contributed by atoms with van der Waals surface area (Å²) in [5.41, 5.74) is 1.71. The summed E-state index contributed by atoms with van der Waals surface area (Å²) in [5.74, 6) is 0.793. The van der Waals surface area contributed by atoms with Crippen LogP contribution in [0.5, 0.6) is 0 Å². The predicted octanol–water partition coefficient (Wildman–Crippen LogP) is 3.73. The highest BCUT2D eigenvalue weighted by Gasteiger charge is 2.11. The van der Waals surface area contributed by atoms with E-state index in [-0.39, 0.29) is 12.3 Å². The molecule has 0 bridgehead atoms. The fourth-order valence-corrected chi connectivity index (χ4v) is 2.84. The number of amides is 1. The Bertz CT molecular complexity index is 884. The van der Waals surface area contributed by atoms with Gasteiger partial charge in [-0.1, -0.05) is 34.4 Å². The van der Waals surface area contributed by atoms with Crippen LogP contribution in [0.1, 0.15) is 17.9 Å². The number of benzene rings is 1. The maximum atomic E-state index is 12.0. The summed E-state index contributed by atoms with van der Waals surface area (Å²) in [6.45, 7) is 0.491. The van der Waals surface area contributed by atoms with E-state index in [0.29, 0.717) is 41.1 Å². The van der Waals surface area contributed by atoms with Crippen LogP contribution in [0.3, 0.4) is 0 Å². The maximum Gasteiger partial charge on any atom is 0.227 e. The van der Waals surface area contributed by atoms with Crippen molar-refractivity contribution in [2.75, 3.05) is 6.54 Å². The Morgan fingerprint density at radius 3 is 2.85 bits per heavy atom. The number of rotatable bonds is 7. The second-order valence-electron chi connectivity index (χ2n) is 5.59. The number of hydrogen-bond donors (Lipinski definition) is 1. The first-order valence-corrected chi connectivity index (χ1v) is 8.81. The molecular weight excluding hydrogens is 375 g/mol. The van der Waals surface area contributed by atoms with Gasteiger partial charge in [0.05, 0.1) is 0 Å². The molecule has 1 aromatic carbocycles. The lowest BCUT2D eigenvalue weighted by Gasteiger charge is -2.06. The highest BCUT2D eigenvalue weighted by molar-refractivity contribution is 6.35. The maximum absolute atomic E-state index is 12.0. The van der Waals surface area contributed by atoms with Gasteiger partial charge >= 0.3 is 0 Å². The molecule has 0 spiro atoms.